The normalized spacial score (nSPS) is 12.2. The molecule has 2 aromatic carbocycles. The van der Waals surface area contributed by atoms with Crippen LogP contribution in [0.1, 0.15) is 20.8 Å². The fraction of sp³-hybridized carbons (Fsp3) is 0.217. The number of fused-ring (bicyclic) bond motifs is 2. The Labute approximate surface area is 182 Å². The van der Waals surface area contributed by atoms with Crippen molar-refractivity contribution in [2.75, 3.05) is 14.2 Å². The molecule has 160 valence electrons. The SMILES string of the molecule is COCc1c(C(=O)N[C@H](Cc2c[nH]c3ccccc23)C(=O)OC)sc2cccc(F)c12. The quantitative estimate of drug-likeness (QED) is 0.423. The molecule has 0 aliphatic rings. The van der Waals surface area contributed by atoms with Gasteiger partial charge in [0.1, 0.15) is 11.9 Å². The zero-order valence-corrected chi connectivity index (χ0v) is 17.8. The minimum atomic E-state index is -0.901. The zero-order chi connectivity index (χ0) is 22.0. The molecule has 6 nitrogen and oxygen atoms in total. The molecule has 0 saturated carbocycles. The van der Waals surface area contributed by atoms with Crippen LogP contribution in [0.15, 0.2) is 48.7 Å². The fourth-order valence-electron chi connectivity index (χ4n) is 3.71. The van der Waals surface area contributed by atoms with Crippen LogP contribution in [0.25, 0.3) is 21.0 Å². The third-order valence-corrected chi connectivity index (χ3v) is 6.34. The molecule has 0 radical (unpaired) electrons. The van der Waals surface area contributed by atoms with Crippen molar-refractivity contribution in [3.8, 4) is 0 Å². The number of halogens is 1. The lowest BCUT2D eigenvalue weighted by atomic mass is 10.0. The molecule has 0 aliphatic carbocycles. The first-order valence-electron chi connectivity index (χ1n) is 9.66. The summed E-state index contributed by atoms with van der Waals surface area (Å²) >= 11 is 1.17. The summed E-state index contributed by atoms with van der Waals surface area (Å²) in [5, 5.41) is 4.10. The summed E-state index contributed by atoms with van der Waals surface area (Å²) in [5.41, 5.74) is 2.29. The average Bonchev–Trinajstić information content (AvgIpc) is 3.35. The van der Waals surface area contributed by atoms with E-state index in [0.717, 1.165) is 16.5 Å². The number of nitrogens with one attached hydrogen (secondary N) is 2. The minimum Gasteiger partial charge on any atom is -0.467 e. The number of H-pyrrole nitrogens is 1. The number of para-hydroxylation sites is 1. The van der Waals surface area contributed by atoms with Crippen LogP contribution in [0, 0.1) is 5.82 Å². The number of benzene rings is 2. The molecular formula is C23H21FN2O4S. The first kappa shape index (κ1) is 21.0. The number of amides is 1. The van der Waals surface area contributed by atoms with E-state index in [-0.39, 0.29) is 13.0 Å². The van der Waals surface area contributed by atoms with Gasteiger partial charge >= 0.3 is 5.97 Å². The van der Waals surface area contributed by atoms with E-state index in [4.69, 9.17) is 9.47 Å². The van der Waals surface area contributed by atoms with Crippen LogP contribution in [0.5, 0.6) is 0 Å². The molecule has 0 aliphatic heterocycles. The summed E-state index contributed by atoms with van der Waals surface area (Å²) < 4.78 is 25.2. The second kappa shape index (κ2) is 8.87. The molecule has 1 atom stereocenters. The maximum atomic E-state index is 14.4. The van der Waals surface area contributed by atoms with E-state index in [1.54, 1.807) is 12.1 Å². The van der Waals surface area contributed by atoms with Gasteiger partial charge in [-0.2, -0.15) is 0 Å². The number of carbonyl (C=O) groups is 2. The van der Waals surface area contributed by atoms with E-state index in [2.05, 4.69) is 10.3 Å². The predicted octanol–water partition coefficient (Wildman–Crippen LogP) is 4.18. The Balaban J connectivity index is 1.66. The number of aromatic amines is 1. The maximum Gasteiger partial charge on any atom is 0.328 e. The minimum absolute atomic E-state index is 0.0784. The molecule has 8 heteroatoms. The van der Waals surface area contributed by atoms with E-state index in [9.17, 15) is 14.0 Å². The summed E-state index contributed by atoms with van der Waals surface area (Å²) in [6.07, 6.45) is 2.07. The average molecular weight is 440 g/mol. The van der Waals surface area contributed by atoms with Gasteiger partial charge in [-0.1, -0.05) is 24.3 Å². The Morgan fingerprint density at radius 1 is 1.16 bits per heavy atom. The Morgan fingerprint density at radius 2 is 1.97 bits per heavy atom. The summed E-state index contributed by atoms with van der Waals surface area (Å²) in [4.78, 5) is 29.1. The Kier molecular flexibility index (Phi) is 6.01. The van der Waals surface area contributed by atoms with Crippen LogP contribution >= 0.6 is 11.3 Å². The van der Waals surface area contributed by atoms with Gasteiger partial charge in [-0.05, 0) is 23.8 Å². The van der Waals surface area contributed by atoms with E-state index in [0.29, 0.717) is 20.5 Å². The third kappa shape index (κ3) is 4.04. The molecule has 0 saturated heterocycles. The van der Waals surface area contributed by atoms with Crippen LogP contribution in [-0.4, -0.2) is 37.1 Å². The molecule has 4 aromatic rings. The van der Waals surface area contributed by atoms with Crippen LogP contribution < -0.4 is 5.32 Å². The number of rotatable bonds is 7. The number of aromatic nitrogens is 1. The molecule has 0 unspecified atom stereocenters. The maximum absolute atomic E-state index is 14.4. The lowest BCUT2D eigenvalue weighted by Crippen LogP contribution is -2.43. The molecule has 2 N–H and O–H groups in total. The topological polar surface area (TPSA) is 80.4 Å². The molecule has 2 aromatic heterocycles. The number of methoxy groups -OCH3 is 2. The van der Waals surface area contributed by atoms with Gasteiger partial charge in [-0.15, -0.1) is 11.3 Å². The molecular weight excluding hydrogens is 419 g/mol. The smallest absolute Gasteiger partial charge is 0.328 e. The van der Waals surface area contributed by atoms with Gasteiger partial charge in [0.15, 0.2) is 0 Å². The van der Waals surface area contributed by atoms with E-state index in [1.165, 1.54) is 31.6 Å². The highest BCUT2D eigenvalue weighted by Crippen LogP contribution is 2.34. The lowest BCUT2D eigenvalue weighted by molar-refractivity contribution is -0.142. The van der Waals surface area contributed by atoms with Crippen molar-refractivity contribution in [2.45, 2.75) is 19.1 Å². The van der Waals surface area contributed by atoms with E-state index < -0.39 is 23.7 Å². The Bertz CT molecular complexity index is 1260. The molecule has 31 heavy (non-hydrogen) atoms. The van der Waals surface area contributed by atoms with Crippen molar-refractivity contribution in [1.29, 1.82) is 0 Å². The van der Waals surface area contributed by atoms with E-state index in [1.807, 2.05) is 30.5 Å². The van der Waals surface area contributed by atoms with Gasteiger partial charge in [-0.25, -0.2) is 9.18 Å². The number of carbonyl (C=O) groups excluding carboxylic acids is 2. The van der Waals surface area contributed by atoms with Crippen LogP contribution in [-0.2, 0) is 27.3 Å². The van der Waals surface area contributed by atoms with Crippen molar-refractivity contribution >= 4 is 44.2 Å². The number of hydrogen-bond donors (Lipinski definition) is 2. The Morgan fingerprint density at radius 3 is 2.74 bits per heavy atom. The van der Waals surface area contributed by atoms with Crippen molar-refractivity contribution in [2.24, 2.45) is 0 Å². The first-order valence-corrected chi connectivity index (χ1v) is 10.5. The standard InChI is InChI=1S/C23H21FN2O4S/c1-29-12-15-20-16(24)7-5-9-19(20)31-21(15)22(27)26-18(23(28)30-2)10-13-11-25-17-8-4-3-6-14(13)17/h3-9,11,18,25H,10,12H2,1-2H3,(H,26,27)/t18-/m1/s1. The van der Waals surface area contributed by atoms with Crippen molar-refractivity contribution < 1.29 is 23.5 Å². The lowest BCUT2D eigenvalue weighted by Gasteiger charge is -2.16. The third-order valence-electron chi connectivity index (χ3n) is 5.15. The van der Waals surface area contributed by atoms with Gasteiger partial charge in [-0.3, -0.25) is 4.79 Å². The molecule has 0 bridgehead atoms. The first-order chi connectivity index (χ1) is 15.0. The molecule has 0 fully saturated rings. The summed E-state index contributed by atoms with van der Waals surface area (Å²) in [7, 11) is 2.77. The number of esters is 1. The highest BCUT2D eigenvalue weighted by atomic mass is 32.1. The number of thiophene rings is 1. The summed E-state index contributed by atoms with van der Waals surface area (Å²) in [6.45, 7) is 0.0784. The van der Waals surface area contributed by atoms with Gasteiger partial charge in [0.05, 0.1) is 18.6 Å². The summed E-state index contributed by atoms with van der Waals surface area (Å²) in [6, 6.07) is 11.5. The van der Waals surface area contributed by atoms with Crippen molar-refractivity contribution in [3.63, 3.8) is 0 Å². The van der Waals surface area contributed by atoms with Gasteiger partial charge < -0.3 is 19.8 Å². The van der Waals surface area contributed by atoms with Gasteiger partial charge in [0.2, 0.25) is 0 Å². The van der Waals surface area contributed by atoms with Gasteiger partial charge in [0, 0.05) is 46.3 Å². The second-order valence-corrected chi connectivity index (χ2v) is 8.12. The monoisotopic (exact) mass is 440 g/mol. The van der Waals surface area contributed by atoms with Gasteiger partial charge in [0.25, 0.3) is 5.91 Å². The van der Waals surface area contributed by atoms with Crippen molar-refractivity contribution in [3.05, 3.63) is 70.5 Å². The highest BCUT2D eigenvalue weighted by Gasteiger charge is 2.27. The Hall–Kier alpha value is -3.23. The highest BCUT2D eigenvalue weighted by molar-refractivity contribution is 7.21. The van der Waals surface area contributed by atoms with Crippen molar-refractivity contribution in [1.82, 2.24) is 10.3 Å². The van der Waals surface area contributed by atoms with Crippen LogP contribution in [0.2, 0.25) is 0 Å². The molecule has 4 rings (SSSR count). The summed E-state index contributed by atoms with van der Waals surface area (Å²) in [5.74, 6) is -1.44. The molecule has 1 amide bonds. The number of hydrogen-bond acceptors (Lipinski definition) is 5. The van der Waals surface area contributed by atoms with Crippen LogP contribution in [0.4, 0.5) is 4.39 Å². The second-order valence-electron chi connectivity index (χ2n) is 7.07. The van der Waals surface area contributed by atoms with Crippen LogP contribution in [0.3, 0.4) is 0 Å². The number of ether oxygens (including phenoxy) is 2. The zero-order valence-electron chi connectivity index (χ0n) is 17.0. The fourth-order valence-corrected chi connectivity index (χ4v) is 4.84. The predicted molar refractivity (Wildman–Crippen MR) is 118 cm³/mol. The molecule has 2 heterocycles. The largest absolute Gasteiger partial charge is 0.467 e. The van der Waals surface area contributed by atoms with E-state index >= 15 is 0 Å². The molecule has 0 spiro atoms.